The molecule has 1 N–H and O–H groups in total. The molecule has 2 aliphatic rings. The van der Waals surface area contributed by atoms with Crippen LogP contribution < -0.4 is 10.1 Å². The van der Waals surface area contributed by atoms with Gasteiger partial charge in [-0.15, -0.1) is 0 Å². The molecule has 5 heteroatoms. The van der Waals surface area contributed by atoms with Crippen molar-refractivity contribution >= 4 is 29.3 Å². The highest BCUT2D eigenvalue weighted by Crippen LogP contribution is 2.31. The molecule has 2 aromatic carbocycles. The van der Waals surface area contributed by atoms with E-state index in [0.29, 0.717) is 17.4 Å². The average molecular weight is 350 g/mol. The summed E-state index contributed by atoms with van der Waals surface area (Å²) in [4.78, 5) is 14.1. The average Bonchev–Trinajstić information content (AvgIpc) is 3.42. The van der Waals surface area contributed by atoms with Gasteiger partial charge in [0.25, 0.3) is 5.91 Å². The van der Waals surface area contributed by atoms with E-state index in [2.05, 4.69) is 5.32 Å². The Bertz CT molecular complexity index is 827. The summed E-state index contributed by atoms with van der Waals surface area (Å²) < 4.78 is 5.78. The van der Waals surface area contributed by atoms with E-state index in [1.165, 1.54) is 0 Å². The fraction of sp³-hybridized carbons (Fsp3) is 0.200. The van der Waals surface area contributed by atoms with Crippen LogP contribution >= 0.6 is 12.2 Å². The van der Waals surface area contributed by atoms with Crippen molar-refractivity contribution in [1.29, 1.82) is 0 Å². The molecule has 0 aromatic heterocycles. The summed E-state index contributed by atoms with van der Waals surface area (Å²) in [5.41, 5.74) is 2.60. The standard InChI is InChI=1S/C20H18N2O2S/c23-19-18(21-20(25)22(19)16-8-9-16)12-14-6-10-17(11-7-14)24-13-15-4-2-1-3-5-15/h1-7,10-12,16H,8-9,13H2,(H,21,25)/b18-12+. The van der Waals surface area contributed by atoms with Gasteiger partial charge in [-0.1, -0.05) is 42.5 Å². The van der Waals surface area contributed by atoms with Crippen molar-refractivity contribution in [2.45, 2.75) is 25.5 Å². The lowest BCUT2D eigenvalue weighted by molar-refractivity contribution is -0.122. The second-order valence-electron chi connectivity index (χ2n) is 6.24. The number of hydrogen-bond donors (Lipinski definition) is 1. The van der Waals surface area contributed by atoms with Crippen molar-refractivity contribution in [1.82, 2.24) is 10.2 Å². The molecule has 1 saturated heterocycles. The third kappa shape index (κ3) is 3.56. The van der Waals surface area contributed by atoms with E-state index in [-0.39, 0.29) is 11.9 Å². The van der Waals surface area contributed by atoms with Crippen LogP contribution in [0, 0.1) is 0 Å². The lowest BCUT2D eigenvalue weighted by Gasteiger charge is -2.11. The first-order valence-corrected chi connectivity index (χ1v) is 8.74. The lowest BCUT2D eigenvalue weighted by atomic mass is 10.2. The molecule has 1 aliphatic heterocycles. The SMILES string of the molecule is O=C1/C(=C\c2ccc(OCc3ccccc3)cc2)NC(=S)N1C1CC1. The fourth-order valence-corrected chi connectivity index (χ4v) is 3.12. The molecular weight excluding hydrogens is 332 g/mol. The number of ether oxygens (including phenoxy) is 1. The Hall–Kier alpha value is -2.66. The number of benzene rings is 2. The monoisotopic (exact) mass is 350 g/mol. The van der Waals surface area contributed by atoms with Gasteiger partial charge in [-0.25, -0.2) is 0 Å². The van der Waals surface area contributed by atoms with E-state index in [1.54, 1.807) is 4.90 Å². The van der Waals surface area contributed by atoms with E-state index >= 15 is 0 Å². The first kappa shape index (κ1) is 15.8. The maximum atomic E-state index is 12.4. The zero-order valence-corrected chi connectivity index (χ0v) is 14.5. The second-order valence-corrected chi connectivity index (χ2v) is 6.62. The van der Waals surface area contributed by atoms with Crippen LogP contribution in [0.5, 0.6) is 5.75 Å². The van der Waals surface area contributed by atoms with E-state index in [1.807, 2.05) is 60.7 Å². The Morgan fingerprint density at radius 1 is 1.12 bits per heavy atom. The molecule has 25 heavy (non-hydrogen) atoms. The van der Waals surface area contributed by atoms with Gasteiger partial charge in [-0.3, -0.25) is 9.69 Å². The smallest absolute Gasteiger partial charge is 0.276 e. The Balaban J connectivity index is 1.42. The quantitative estimate of drug-likeness (QED) is 0.662. The molecule has 2 fully saturated rings. The fourth-order valence-electron chi connectivity index (χ4n) is 2.78. The molecule has 2 aromatic rings. The van der Waals surface area contributed by atoms with E-state index in [9.17, 15) is 4.79 Å². The van der Waals surface area contributed by atoms with Crippen molar-refractivity contribution in [2.75, 3.05) is 0 Å². The number of carbonyl (C=O) groups excluding carboxylic acids is 1. The summed E-state index contributed by atoms with van der Waals surface area (Å²) >= 11 is 5.26. The van der Waals surface area contributed by atoms with Crippen LogP contribution in [0.25, 0.3) is 6.08 Å². The maximum absolute atomic E-state index is 12.4. The molecule has 0 radical (unpaired) electrons. The number of amides is 1. The minimum atomic E-state index is -0.0306. The molecule has 0 atom stereocenters. The first-order chi connectivity index (χ1) is 12.2. The minimum absolute atomic E-state index is 0.0306. The van der Waals surface area contributed by atoms with Crippen LogP contribution in [0.3, 0.4) is 0 Å². The number of carbonyl (C=O) groups is 1. The van der Waals surface area contributed by atoms with Gasteiger partial charge in [-0.05, 0) is 54.4 Å². The first-order valence-electron chi connectivity index (χ1n) is 8.34. The van der Waals surface area contributed by atoms with Crippen LogP contribution in [0.15, 0.2) is 60.3 Å². The van der Waals surface area contributed by atoms with Crippen LogP contribution in [0.2, 0.25) is 0 Å². The zero-order chi connectivity index (χ0) is 17.2. The highest BCUT2D eigenvalue weighted by Gasteiger charge is 2.41. The van der Waals surface area contributed by atoms with Crippen LogP contribution in [0.1, 0.15) is 24.0 Å². The van der Waals surface area contributed by atoms with Crippen molar-refractivity contribution in [3.8, 4) is 5.75 Å². The largest absolute Gasteiger partial charge is 0.489 e. The normalized spacial score (nSPS) is 18.6. The molecule has 0 spiro atoms. The molecule has 1 amide bonds. The van der Waals surface area contributed by atoms with E-state index in [4.69, 9.17) is 17.0 Å². The van der Waals surface area contributed by atoms with Gasteiger partial charge in [0.2, 0.25) is 0 Å². The molecule has 1 heterocycles. The van der Waals surface area contributed by atoms with Gasteiger partial charge < -0.3 is 10.1 Å². The summed E-state index contributed by atoms with van der Waals surface area (Å²) in [6, 6.07) is 18.0. The van der Waals surface area contributed by atoms with Gasteiger partial charge in [0.05, 0.1) is 0 Å². The Kier molecular flexibility index (Phi) is 4.24. The summed E-state index contributed by atoms with van der Waals surface area (Å²) in [7, 11) is 0. The lowest BCUT2D eigenvalue weighted by Crippen LogP contribution is -2.32. The number of thiocarbonyl (C=S) groups is 1. The van der Waals surface area contributed by atoms with Gasteiger partial charge in [0.15, 0.2) is 5.11 Å². The number of rotatable bonds is 5. The van der Waals surface area contributed by atoms with Gasteiger partial charge in [-0.2, -0.15) is 0 Å². The topological polar surface area (TPSA) is 41.6 Å². The van der Waals surface area contributed by atoms with Crippen LogP contribution in [0.4, 0.5) is 0 Å². The molecule has 0 bridgehead atoms. The summed E-state index contributed by atoms with van der Waals surface area (Å²) in [6.45, 7) is 0.534. The number of nitrogens with one attached hydrogen (secondary N) is 1. The van der Waals surface area contributed by atoms with Gasteiger partial charge >= 0.3 is 0 Å². The molecule has 126 valence electrons. The summed E-state index contributed by atoms with van der Waals surface area (Å²) in [6.07, 6.45) is 3.90. The third-order valence-electron chi connectivity index (χ3n) is 4.26. The van der Waals surface area contributed by atoms with E-state index < -0.39 is 0 Å². The molecular formula is C20H18N2O2S. The van der Waals surface area contributed by atoms with Crippen molar-refractivity contribution in [3.05, 3.63) is 71.4 Å². The third-order valence-corrected chi connectivity index (χ3v) is 4.56. The summed E-state index contributed by atoms with van der Waals surface area (Å²) in [5.74, 6) is 0.767. The predicted molar refractivity (Wildman–Crippen MR) is 101 cm³/mol. The highest BCUT2D eigenvalue weighted by atomic mass is 32.1. The molecule has 1 saturated carbocycles. The second kappa shape index (κ2) is 6.69. The Labute approximate surface area is 152 Å². The molecule has 4 rings (SSSR count). The van der Waals surface area contributed by atoms with Gasteiger partial charge in [0, 0.05) is 6.04 Å². The molecule has 1 aliphatic carbocycles. The summed E-state index contributed by atoms with van der Waals surface area (Å²) in [5, 5.41) is 3.54. The molecule has 4 nitrogen and oxygen atoms in total. The van der Waals surface area contributed by atoms with Crippen molar-refractivity contribution in [3.63, 3.8) is 0 Å². The van der Waals surface area contributed by atoms with E-state index in [0.717, 1.165) is 29.7 Å². The number of hydrogen-bond acceptors (Lipinski definition) is 3. The Morgan fingerprint density at radius 2 is 1.84 bits per heavy atom. The van der Waals surface area contributed by atoms with Crippen molar-refractivity contribution < 1.29 is 9.53 Å². The zero-order valence-electron chi connectivity index (χ0n) is 13.6. The van der Waals surface area contributed by atoms with Crippen LogP contribution in [-0.4, -0.2) is 22.0 Å². The van der Waals surface area contributed by atoms with Crippen molar-refractivity contribution in [2.24, 2.45) is 0 Å². The predicted octanol–water partition coefficient (Wildman–Crippen LogP) is 3.49. The highest BCUT2D eigenvalue weighted by molar-refractivity contribution is 7.80. The maximum Gasteiger partial charge on any atom is 0.276 e. The Morgan fingerprint density at radius 3 is 2.52 bits per heavy atom. The molecule has 0 unspecified atom stereocenters. The minimum Gasteiger partial charge on any atom is -0.489 e. The van der Waals surface area contributed by atoms with Gasteiger partial charge in [0.1, 0.15) is 18.1 Å². The van der Waals surface area contributed by atoms with Crippen LogP contribution in [-0.2, 0) is 11.4 Å². The number of nitrogens with zero attached hydrogens (tertiary/aromatic N) is 1.